The molecule has 2 aromatic rings. The van der Waals surface area contributed by atoms with Crippen LogP contribution in [-0.4, -0.2) is 4.89 Å². The third-order valence-corrected chi connectivity index (χ3v) is 8.42. The van der Waals surface area contributed by atoms with Gasteiger partial charge in [-0.15, -0.1) is 0 Å². The van der Waals surface area contributed by atoms with Crippen LogP contribution in [0.2, 0.25) is 0 Å². The smallest absolute Gasteiger partial charge is 0.395 e. The van der Waals surface area contributed by atoms with E-state index >= 15 is 0 Å². The molecule has 0 aliphatic heterocycles. The highest BCUT2D eigenvalue weighted by molar-refractivity contribution is 7.48. The molecule has 0 aliphatic rings. The first-order valence-corrected chi connectivity index (χ1v) is 15.1. The summed E-state index contributed by atoms with van der Waals surface area (Å²) in [4.78, 5) is 10.3. The fourth-order valence-electron chi connectivity index (χ4n) is 4.48. The molecule has 5 heteroatoms. The number of benzene rings is 2. The lowest BCUT2D eigenvalue weighted by Crippen LogP contribution is -2.03. The van der Waals surface area contributed by atoms with Crippen molar-refractivity contribution in [3.8, 4) is 11.5 Å². The average Bonchev–Trinajstić information content (AvgIpc) is 2.85. The second-order valence-electron chi connectivity index (χ2n) is 10.2. The molecule has 4 unspecified atom stereocenters. The zero-order chi connectivity index (χ0) is 25.8. The van der Waals surface area contributed by atoms with E-state index in [-0.39, 0.29) is 0 Å². The summed E-state index contributed by atoms with van der Waals surface area (Å²) in [7, 11) is -4.29. The predicted molar refractivity (Wildman–Crippen MR) is 147 cm³/mol. The van der Waals surface area contributed by atoms with Crippen LogP contribution in [0.4, 0.5) is 0 Å². The summed E-state index contributed by atoms with van der Waals surface area (Å²) in [5, 5.41) is 0. The molecule has 2 aromatic carbocycles. The number of phosphoric acid groups is 1. The monoisotopic (exact) mass is 502 g/mol. The minimum atomic E-state index is -4.29. The molecule has 0 spiro atoms. The van der Waals surface area contributed by atoms with Crippen LogP contribution in [0.3, 0.4) is 0 Å². The lowest BCUT2D eigenvalue weighted by Gasteiger charge is -2.19. The Hall–Kier alpha value is -1.77. The van der Waals surface area contributed by atoms with E-state index in [1.54, 1.807) is 24.3 Å². The van der Waals surface area contributed by atoms with Gasteiger partial charge in [-0.05, 0) is 84.7 Å². The van der Waals surface area contributed by atoms with Crippen molar-refractivity contribution in [2.75, 3.05) is 0 Å². The lowest BCUT2D eigenvalue weighted by molar-refractivity contribution is 0.291. The van der Waals surface area contributed by atoms with Gasteiger partial charge >= 0.3 is 7.82 Å². The molecule has 4 nitrogen and oxygen atoms in total. The van der Waals surface area contributed by atoms with Crippen LogP contribution in [0, 0.1) is 11.8 Å². The highest BCUT2D eigenvalue weighted by atomic mass is 31.2. The summed E-state index contributed by atoms with van der Waals surface area (Å²) < 4.78 is 23.3. The largest absolute Gasteiger partial charge is 0.584 e. The fourth-order valence-corrected chi connectivity index (χ4v) is 5.29. The zero-order valence-corrected chi connectivity index (χ0v) is 23.6. The summed E-state index contributed by atoms with van der Waals surface area (Å²) >= 11 is 0. The number of hydrogen-bond donors (Lipinski definition) is 1. The van der Waals surface area contributed by atoms with E-state index in [9.17, 15) is 9.46 Å². The first kappa shape index (κ1) is 29.5. The van der Waals surface area contributed by atoms with Crippen molar-refractivity contribution in [2.24, 2.45) is 11.8 Å². The third-order valence-electron chi connectivity index (χ3n) is 7.54. The Morgan fingerprint density at radius 3 is 1.26 bits per heavy atom. The van der Waals surface area contributed by atoms with Crippen LogP contribution in [0.25, 0.3) is 0 Å². The van der Waals surface area contributed by atoms with Gasteiger partial charge in [0.1, 0.15) is 11.5 Å². The molecule has 35 heavy (non-hydrogen) atoms. The molecule has 2 rings (SSSR count). The standard InChI is InChI=1S/C30H47O4P/c1-7-23(5)11-13-25(9-3)27-15-19-29(20-16-27)33-35(31,32)34-30-21-17-28(18-22-30)26(10-4)14-12-24(6)8-2/h15-26H,7-14H2,1-6H3,(H,31,32). The van der Waals surface area contributed by atoms with Crippen molar-refractivity contribution in [2.45, 2.75) is 105 Å². The van der Waals surface area contributed by atoms with Gasteiger partial charge in [0.15, 0.2) is 0 Å². The van der Waals surface area contributed by atoms with E-state index in [2.05, 4.69) is 41.5 Å². The highest BCUT2D eigenvalue weighted by Crippen LogP contribution is 2.45. The highest BCUT2D eigenvalue weighted by Gasteiger charge is 2.25. The van der Waals surface area contributed by atoms with E-state index in [1.165, 1.54) is 36.8 Å². The summed E-state index contributed by atoms with van der Waals surface area (Å²) in [5.41, 5.74) is 2.48. The molecule has 196 valence electrons. The van der Waals surface area contributed by atoms with Crippen LogP contribution in [0.5, 0.6) is 11.5 Å². The SMILES string of the molecule is CCC(C)CCC(CC)c1ccc(OP(=O)(O)Oc2ccc(C(CC)CCC(C)CC)cc2)cc1. The maximum atomic E-state index is 12.6. The second kappa shape index (κ2) is 14.7. The van der Waals surface area contributed by atoms with Gasteiger partial charge in [-0.2, -0.15) is 0 Å². The minimum Gasteiger partial charge on any atom is -0.395 e. The first-order valence-electron chi connectivity index (χ1n) is 13.6. The van der Waals surface area contributed by atoms with Crippen molar-refractivity contribution in [1.29, 1.82) is 0 Å². The van der Waals surface area contributed by atoms with Crippen molar-refractivity contribution in [1.82, 2.24) is 0 Å². The molecule has 0 amide bonds. The molecule has 0 radical (unpaired) electrons. The lowest BCUT2D eigenvalue weighted by atomic mass is 9.88. The summed E-state index contributed by atoms with van der Waals surface area (Å²) in [5.74, 6) is 3.12. The van der Waals surface area contributed by atoms with E-state index in [4.69, 9.17) is 9.05 Å². The molecular formula is C30H47O4P. The summed E-state index contributed by atoms with van der Waals surface area (Å²) in [6, 6.07) is 15.1. The number of hydrogen-bond acceptors (Lipinski definition) is 3. The molecular weight excluding hydrogens is 455 g/mol. The van der Waals surface area contributed by atoms with E-state index < -0.39 is 7.82 Å². The second-order valence-corrected chi connectivity index (χ2v) is 11.5. The van der Waals surface area contributed by atoms with Gasteiger partial charge in [0.05, 0.1) is 0 Å². The van der Waals surface area contributed by atoms with Gasteiger partial charge in [0, 0.05) is 0 Å². The van der Waals surface area contributed by atoms with Gasteiger partial charge in [-0.1, -0.05) is 91.5 Å². The first-order chi connectivity index (χ1) is 16.7. The molecule has 4 atom stereocenters. The van der Waals surface area contributed by atoms with E-state index in [0.717, 1.165) is 37.5 Å². The normalized spacial score (nSPS) is 16.7. The number of rotatable bonds is 16. The van der Waals surface area contributed by atoms with Crippen molar-refractivity contribution in [3.05, 3.63) is 59.7 Å². The Kier molecular flexibility index (Phi) is 12.4. The Morgan fingerprint density at radius 1 is 0.629 bits per heavy atom. The number of phosphoric ester groups is 1. The molecule has 1 N–H and O–H groups in total. The maximum absolute atomic E-state index is 12.6. The van der Waals surface area contributed by atoms with Crippen LogP contribution < -0.4 is 9.05 Å². The molecule has 0 aliphatic carbocycles. The van der Waals surface area contributed by atoms with Crippen LogP contribution >= 0.6 is 7.82 Å². The van der Waals surface area contributed by atoms with Crippen LogP contribution in [-0.2, 0) is 4.57 Å². The maximum Gasteiger partial charge on any atom is 0.584 e. The van der Waals surface area contributed by atoms with Crippen LogP contribution in [0.15, 0.2) is 48.5 Å². The van der Waals surface area contributed by atoms with Gasteiger partial charge < -0.3 is 9.05 Å². The topological polar surface area (TPSA) is 55.8 Å². The van der Waals surface area contributed by atoms with Gasteiger partial charge in [0.2, 0.25) is 0 Å². The van der Waals surface area contributed by atoms with Gasteiger partial charge in [0.25, 0.3) is 0 Å². The Labute approximate surface area is 214 Å². The molecule has 0 heterocycles. The zero-order valence-electron chi connectivity index (χ0n) is 22.7. The minimum absolute atomic E-state index is 0.337. The molecule has 0 saturated carbocycles. The Bertz CT molecular complexity index is 822. The average molecular weight is 503 g/mol. The quantitative estimate of drug-likeness (QED) is 0.232. The van der Waals surface area contributed by atoms with Gasteiger partial charge in [-0.25, -0.2) is 4.57 Å². The molecule has 0 bridgehead atoms. The van der Waals surface area contributed by atoms with E-state index in [1.807, 2.05) is 24.3 Å². The predicted octanol–water partition coefficient (Wildman–Crippen LogP) is 9.88. The molecule has 0 saturated heterocycles. The van der Waals surface area contributed by atoms with Gasteiger partial charge in [-0.3, -0.25) is 4.89 Å². The summed E-state index contributed by atoms with van der Waals surface area (Å²) in [6.45, 7) is 13.5. The van der Waals surface area contributed by atoms with Crippen molar-refractivity contribution >= 4 is 7.82 Å². The third kappa shape index (κ3) is 10.0. The fraction of sp³-hybridized carbons (Fsp3) is 0.600. The summed E-state index contributed by atoms with van der Waals surface area (Å²) in [6.07, 6.45) is 9.28. The van der Waals surface area contributed by atoms with Crippen molar-refractivity contribution in [3.63, 3.8) is 0 Å². The van der Waals surface area contributed by atoms with E-state index in [0.29, 0.717) is 23.3 Å². The van der Waals surface area contributed by atoms with Crippen molar-refractivity contribution < 1.29 is 18.5 Å². The molecule has 0 fully saturated rings. The Morgan fingerprint density at radius 2 is 0.971 bits per heavy atom. The Balaban J connectivity index is 1.96. The molecule has 0 aromatic heterocycles. The van der Waals surface area contributed by atoms with Crippen LogP contribution in [0.1, 0.15) is 116 Å².